The number of carbonyl (C=O) groups is 1. The summed E-state index contributed by atoms with van der Waals surface area (Å²) in [6, 6.07) is 13.0. The molecule has 0 bridgehead atoms. The third-order valence-electron chi connectivity index (χ3n) is 5.90. The van der Waals surface area contributed by atoms with Gasteiger partial charge in [0.25, 0.3) is 0 Å². The Morgan fingerprint density at radius 1 is 0.970 bits per heavy atom. The second-order valence-corrected chi connectivity index (χ2v) is 11.0. The summed E-state index contributed by atoms with van der Waals surface area (Å²) in [4.78, 5) is 21.3. The molecule has 0 spiro atoms. The van der Waals surface area contributed by atoms with Crippen molar-refractivity contribution in [3.05, 3.63) is 48.7 Å². The van der Waals surface area contributed by atoms with Crippen LogP contribution in [-0.4, -0.2) is 91.6 Å². The third-order valence-corrected chi connectivity index (χ3v) is 8.71. The average Bonchev–Trinajstić information content (AvgIpc) is 3.40. The molecule has 2 fully saturated rings. The molecule has 3 heterocycles. The summed E-state index contributed by atoms with van der Waals surface area (Å²) < 4.78 is 32.4. The van der Waals surface area contributed by atoms with Gasteiger partial charge in [-0.1, -0.05) is 30.0 Å². The van der Waals surface area contributed by atoms with Crippen LogP contribution in [0, 0.1) is 0 Å². The lowest BCUT2D eigenvalue weighted by Gasteiger charge is -2.34. The van der Waals surface area contributed by atoms with Gasteiger partial charge in [-0.05, 0) is 37.1 Å². The first-order valence-electron chi connectivity index (χ1n) is 11.3. The molecule has 0 N–H and O–H groups in total. The van der Waals surface area contributed by atoms with Crippen molar-refractivity contribution in [2.45, 2.75) is 22.8 Å². The number of carbonyl (C=O) groups excluding carboxylic acids is 1. The third kappa shape index (κ3) is 6.47. The van der Waals surface area contributed by atoms with E-state index in [-0.39, 0.29) is 10.8 Å². The Bertz CT molecular complexity index is 1000. The number of nitrogens with zero attached hydrogens (tertiary/aromatic N) is 4. The number of sulfonamides is 1. The minimum atomic E-state index is -3.46. The lowest BCUT2D eigenvalue weighted by Crippen LogP contribution is -2.50. The SMILES string of the molecule is O=C(CSc1ccc(S(=O)(=O)N2CCCC2)cn1)N1CCN(CCOc2ccccc2)CC1. The van der Waals surface area contributed by atoms with E-state index in [1.165, 1.54) is 22.3 Å². The van der Waals surface area contributed by atoms with E-state index in [4.69, 9.17) is 4.74 Å². The molecule has 0 saturated carbocycles. The first-order chi connectivity index (χ1) is 16.0. The Balaban J connectivity index is 1.17. The van der Waals surface area contributed by atoms with Gasteiger partial charge in [0.15, 0.2) is 0 Å². The largest absolute Gasteiger partial charge is 0.492 e. The van der Waals surface area contributed by atoms with Gasteiger partial charge in [0, 0.05) is 52.0 Å². The van der Waals surface area contributed by atoms with E-state index in [1.54, 1.807) is 12.1 Å². The van der Waals surface area contributed by atoms with E-state index in [2.05, 4.69) is 9.88 Å². The number of para-hydroxylation sites is 1. The number of hydrogen-bond acceptors (Lipinski definition) is 7. The lowest BCUT2D eigenvalue weighted by atomic mass is 10.3. The molecule has 33 heavy (non-hydrogen) atoms. The molecular weight excluding hydrogens is 460 g/mol. The van der Waals surface area contributed by atoms with E-state index >= 15 is 0 Å². The zero-order valence-electron chi connectivity index (χ0n) is 18.6. The molecule has 10 heteroatoms. The van der Waals surface area contributed by atoms with Crippen molar-refractivity contribution in [1.29, 1.82) is 0 Å². The molecular formula is C23H30N4O4S2. The minimum absolute atomic E-state index is 0.0794. The van der Waals surface area contributed by atoms with Gasteiger partial charge in [-0.25, -0.2) is 13.4 Å². The van der Waals surface area contributed by atoms with Crippen molar-refractivity contribution in [1.82, 2.24) is 19.1 Å². The van der Waals surface area contributed by atoms with Crippen molar-refractivity contribution < 1.29 is 17.9 Å². The number of piperazine rings is 1. The van der Waals surface area contributed by atoms with Crippen molar-refractivity contribution in [3.8, 4) is 5.75 Å². The van der Waals surface area contributed by atoms with E-state index in [0.29, 0.717) is 43.6 Å². The average molecular weight is 491 g/mol. The molecule has 2 aliphatic heterocycles. The van der Waals surface area contributed by atoms with E-state index in [9.17, 15) is 13.2 Å². The van der Waals surface area contributed by atoms with Gasteiger partial charge in [0.1, 0.15) is 17.3 Å². The van der Waals surface area contributed by atoms with Crippen LogP contribution in [0.4, 0.5) is 0 Å². The topological polar surface area (TPSA) is 83.0 Å². The number of pyridine rings is 1. The first-order valence-corrected chi connectivity index (χ1v) is 13.7. The Morgan fingerprint density at radius 3 is 2.36 bits per heavy atom. The Kier molecular flexibility index (Phi) is 8.24. The second kappa shape index (κ2) is 11.3. The zero-order chi connectivity index (χ0) is 23.1. The highest BCUT2D eigenvalue weighted by Gasteiger charge is 2.27. The molecule has 2 saturated heterocycles. The summed E-state index contributed by atoms with van der Waals surface area (Å²) in [6.07, 6.45) is 3.20. The molecule has 2 aliphatic rings. The molecule has 8 nitrogen and oxygen atoms in total. The second-order valence-electron chi connectivity index (χ2n) is 8.12. The van der Waals surface area contributed by atoms with Crippen LogP contribution in [-0.2, 0) is 14.8 Å². The maximum atomic E-state index is 12.6. The van der Waals surface area contributed by atoms with Crippen molar-refractivity contribution in [2.75, 3.05) is 58.2 Å². The molecule has 1 aromatic heterocycles. The van der Waals surface area contributed by atoms with Crippen molar-refractivity contribution >= 4 is 27.7 Å². The summed E-state index contributed by atoms with van der Waals surface area (Å²) >= 11 is 1.34. The van der Waals surface area contributed by atoms with E-state index < -0.39 is 10.0 Å². The summed E-state index contributed by atoms with van der Waals surface area (Å²) in [5.74, 6) is 1.25. The van der Waals surface area contributed by atoms with Crippen LogP contribution in [0.2, 0.25) is 0 Å². The van der Waals surface area contributed by atoms with Gasteiger partial charge in [0.2, 0.25) is 15.9 Å². The number of amides is 1. The maximum absolute atomic E-state index is 12.6. The normalized spacial score (nSPS) is 17.9. The highest BCUT2D eigenvalue weighted by atomic mass is 32.2. The molecule has 0 aliphatic carbocycles. The highest BCUT2D eigenvalue weighted by molar-refractivity contribution is 7.99. The highest BCUT2D eigenvalue weighted by Crippen LogP contribution is 2.23. The molecule has 0 radical (unpaired) electrons. The molecule has 4 rings (SSSR count). The Hall–Kier alpha value is -2.14. The number of aromatic nitrogens is 1. The Labute approximate surface area is 200 Å². The number of benzene rings is 1. The summed E-state index contributed by atoms with van der Waals surface area (Å²) in [7, 11) is -3.46. The molecule has 0 unspecified atom stereocenters. The van der Waals surface area contributed by atoms with Gasteiger partial charge in [0.05, 0.1) is 10.8 Å². The fourth-order valence-corrected chi connectivity index (χ4v) is 6.15. The minimum Gasteiger partial charge on any atom is -0.492 e. The number of hydrogen-bond donors (Lipinski definition) is 0. The summed E-state index contributed by atoms with van der Waals surface area (Å²) in [5, 5.41) is 0.653. The predicted molar refractivity (Wildman–Crippen MR) is 128 cm³/mol. The molecule has 0 atom stereocenters. The number of rotatable bonds is 9. The van der Waals surface area contributed by atoms with Crippen LogP contribution in [0.1, 0.15) is 12.8 Å². The van der Waals surface area contributed by atoms with E-state index in [0.717, 1.165) is 38.2 Å². The van der Waals surface area contributed by atoms with Crippen LogP contribution in [0.15, 0.2) is 58.6 Å². The maximum Gasteiger partial charge on any atom is 0.244 e. The fourth-order valence-electron chi connectivity index (χ4n) is 3.94. The molecule has 1 aromatic carbocycles. The van der Waals surface area contributed by atoms with Gasteiger partial charge >= 0.3 is 0 Å². The quantitative estimate of drug-likeness (QED) is 0.498. The molecule has 1 amide bonds. The van der Waals surface area contributed by atoms with Crippen LogP contribution in [0.5, 0.6) is 5.75 Å². The molecule has 2 aromatic rings. The van der Waals surface area contributed by atoms with Crippen molar-refractivity contribution in [2.24, 2.45) is 0 Å². The lowest BCUT2D eigenvalue weighted by molar-refractivity contribution is -0.130. The number of thioether (sulfide) groups is 1. The van der Waals surface area contributed by atoms with Gasteiger partial charge < -0.3 is 9.64 Å². The smallest absolute Gasteiger partial charge is 0.244 e. The predicted octanol–water partition coefficient (Wildman–Crippen LogP) is 2.18. The van der Waals surface area contributed by atoms with Gasteiger partial charge in [-0.3, -0.25) is 9.69 Å². The summed E-state index contributed by atoms with van der Waals surface area (Å²) in [6.45, 7) is 5.66. The van der Waals surface area contributed by atoms with E-state index in [1.807, 2.05) is 35.2 Å². The Morgan fingerprint density at radius 2 is 1.70 bits per heavy atom. The molecule has 178 valence electrons. The van der Waals surface area contributed by atoms with Crippen LogP contribution < -0.4 is 4.74 Å². The van der Waals surface area contributed by atoms with Crippen molar-refractivity contribution in [3.63, 3.8) is 0 Å². The standard InChI is InChI=1S/C23H30N4O4S2/c28-23(26-14-12-25(13-15-26)16-17-31-20-6-2-1-3-7-20)19-32-22-9-8-21(18-24-22)33(29,30)27-10-4-5-11-27/h1-3,6-9,18H,4-5,10-17,19H2. The van der Waals surface area contributed by atoms with Crippen LogP contribution >= 0.6 is 11.8 Å². The fraction of sp³-hybridized carbons (Fsp3) is 0.478. The van der Waals surface area contributed by atoms with Crippen LogP contribution in [0.3, 0.4) is 0 Å². The first kappa shape index (κ1) is 24.0. The monoisotopic (exact) mass is 490 g/mol. The van der Waals surface area contributed by atoms with Gasteiger partial charge in [-0.15, -0.1) is 0 Å². The number of ether oxygens (including phenoxy) is 1. The van der Waals surface area contributed by atoms with Gasteiger partial charge in [-0.2, -0.15) is 4.31 Å². The summed E-state index contributed by atoms with van der Waals surface area (Å²) in [5.41, 5.74) is 0. The zero-order valence-corrected chi connectivity index (χ0v) is 20.3. The van der Waals surface area contributed by atoms with Crippen LogP contribution in [0.25, 0.3) is 0 Å².